The summed E-state index contributed by atoms with van der Waals surface area (Å²) >= 11 is 0. The lowest BCUT2D eigenvalue weighted by Gasteiger charge is -2.26. The summed E-state index contributed by atoms with van der Waals surface area (Å²) in [5.74, 6) is 1.26. The fourth-order valence-electron chi connectivity index (χ4n) is 4.65. The van der Waals surface area contributed by atoms with Gasteiger partial charge in [0.05, 0.1) is 18.1 Å². The number of benzene rings is 2. The normalized spacial score (nSPS) is 17.4. The van der Waals surface area contributed by atoms with E-state index in [9.17, 15) is 13.2 Å². The van der Waals surface area contributed by atoms with E-state index in [1.165, 1.54) is 12.8 Å². The Hall–Kier alpha value is -2.58. The molecule has 34 heavy (non-hydrogen) atoms. The molecule has 0 unspecified atom stereocenters. The molecule has 1 amide bonds. The average molecular weight is 487 g/mol. The Morgan fingerprint density at radius 1 is 1.00 bits per heavy atom. The van der Waals surface area contributed by atoms with Crippen molar-refractivity contribution in [2.75, 3.05) is 25.5 Å². The first kappa shape index (κ1) is 24.5. The van der Waals surface area contributed by atoms with Gasteiger partial charge >= 0.3 is 0 Å². The first-order valence-corrected chi connectivity index (χ1v) is 13.6. The van der Waals surface area contributed by atoms with Crippen molar-refractivity contribution in [2.24, 2.45) is 0 Å². The molecule has 1 N–H and O–H groups in total. The van der Waals surface area contributed by atoms with Gasteiger partial charge in [-0.25, -0.2) is 8.42 Å². The van der Waals surface area contributed by atoms with Crippen LogP contribution < -0.4 is 14.8 Å². The van der Waals surface area contributed by atoms with Crippen molar-refractivity contribution < 1.29 is 22.7 Å². The molecule has 0 radical (unpaired) electrons. The second-order valence-electron chi connectivity index (χ2n) is 9.04. The lowest BCUT2D eigenvalue weighted by molar-refractivity contribution is -0.116. The van der Waals surface area contributed by atoms with E-state index in [1.807, 2.05) is 24.3 Å². The van der Waals surface area contributed by atoms with E-state index < -0.39 is 10.0 Å². The molecular formula is C26H34N2O5S. The molecule has 184 valence electrons. The van der Waals surface area contributed by atoms with E-state index in [2.05, 4.69) is 5.32 Å². The van der Waals surface area contributed by atoms with E-state index in [4.69, 9.17) is 9.47 Å². The highest BCUT2D eigenvalue weighted by atomic mass is 32.2. The number of methoxy groups -OCH3 is 1. The van der Waals surface area contributed by atoms with Gasteiger partial charge in [-0.15, -0.1) is 0 Å². The molecule has 2 fully saturated rings. The van der Waals surface area contributed by atoms with Gasteiger partial charge in [0.1, 0.15) is 11.5 Å². The average Bonchev–Trinajstić information content (AvgIpc) is 3.37. The van der Waals surface area contributed by atoms with Gasteiger partial charge in [0.25, 0.3) is 0 Å². The highest BCUT2D eigenvalue weighted by molar-refractivity contribution is 7.89. The minimum atomic E-state index is -3.54. The molecule has 1 heterocycles. The fraction of sp³-hybridized carbons (Fsp3) is 0.500. The Balaban J connectivity index is 1.36. The van der Waals surface area contributed by atoms with Crippen molar-refractivity contribution in [1.82, 2.24) is 4.31 Å². The van der Waals surface area contributed by atoms with Gasteiger partial charge in [-0.1, -0.05) is 6.42 Å². The Morgan fingerprint density at radius 3 is 2.38 bits per heavy atom. The number of hydrogen-bond acceptors (Lipinski definition) is 5. The second-order valence-corrected chi connectivity index (χ2v) is 11.0. The predicted octanol–water partition coefficient (Wildman–Crippen LogP) is 4.76. The third kappa shape index (κ3) is 6.10. The van der Waals surface area contributed by atoms with Crippen LogP contribution in [0.1, 0.15) is 56.9 Å². The van der Waals surface area contributed by atoms with Crippen LogP contribution in [0.15, 0.2) is 47.4 Å². The molecule has 2 aromatic carbocycles. The van der Waals surface area contributed by atoms with E-state index in [1.54, 1.807) is 29.6 Å². The van der Waals surface area contributed by atoms with Crippen LogP contribution in [0.2, 0.25) is 0 Å². The predicted molar refractivity (Wildman–Crippen MR) is 132 cm³/mol. The number of carbonyl (C=O) groups is 1. The number of ether oxygens (including phenoxy) is 2. The van der Waals surface area contributed by atoms with E-state index in [0.29, 0.717) is 42.6 Å². The van der Waals surface area contributed by atoms with Crippen molar-refractivity contribution in [2.45, 2.75) is 68.8 Å². The summed E-state index contributed by atoms with van der Waals surface area (Å²) in [6.07, 6.45) is 8.35. The monoisotopic (exact) mass is 486 g/mol. The fourth-order valence-corrected chi connectivity index (χ4v) is 6.22. The summed E-state index contributed by atoms with van der Waals surface area (Å²) in [5, 5.41) is 2.91. The first-order valence-electron chi connectivity index (χ1n) is 12.2. The molecule has 0 aromatic heterocycles. The number of amides is 1. The minimum Gasteiger partial charge on any atom is -0.496 e. The van der Waals surface area contributed by atoms with Crippen LogP contribution in [0.4, 0.5) is 5.69 Å². The highest BCUT2D eigenvalue weighted by Gasteiger charge is 2.26. The Kier molecular flexibility index (Phi) is 8.11. The summed E-state index contributed by atoms with van der Waals surface area (Å²) in [5.41, 5.74) is 1.41. The SMILES string of the molecule is COc1ccc(S(=O)(=O)N2CCCCC2)cc1CCC(=O)Nc1ccc(OC2CCCC2)cc1. The van der Waals surface area contributed by atoms with Gasteiger partial charge in [0.15, 0.2) is 0 Å². The minimum absolute atomic E-state index is 0.143. The molecule has 1 aliphatic heterocycles. The summed E-state index contributed by atoms with van der Waals surface area (Å²) in [6, 6.07) is 12.3. The maximum atomic E-state index is 13.1. The molecule has 1 aliphatic carbocycles. The zero-order chi connectivity index (χ0) is 24.0. The third-order valence-corrected chi connectivity index (χ3v) is 8.46. The van der Waals surface area contributed by atoms with Crippen molar-refractivity contribution in [3.05, 3.63) is 48.0 Å². The third-order valence-electron chi connectivity index (χ3n) is 6.57. The number of nitrogens with one attached hydrogen (secondary N) is 1. The largest absolute Gasteiger partial charge is 0.496 e. The molecule has 2 aliphatic rings. The first-order chi connectivity index (χ1) is 16.5. The van der Waals surface area contributed by atoms with Crippen LogP contribution in [0.25, 0.3) is 0 Å². The molecule has 1 saturated heterocycles. The Labute approximate surface area is 202 Å². The van der Waals surface area contributed by atoms with E-state index in [0.717, 1.165) is 37.9 Å². The molecule has 2 aromatic rings. The van der Waals surface area contributed by atoms with E-state index in [-0.39, 0.29) is 17.2 Å². The van der Waals surface area contributed by atoms with Crippen LogP contribution in [0.5, 0.6) is 11.5 Å². The Morgan fingerprint density at radius 2 is 1.71 bits per heavy atom. The summed E-state index contributed by atoms with van der Waals surface area (Å²) in [6.45, 7) is 1.10. The van der Waals surface area contributed by atoms with Gasteiger partial charge in [-0.05, 0) is 93.0 Å². The number of rotatable bonds is 9. The number of carbonyl (C=O) groups excluding carboxylic acids is 1. The van der Waals surface area contributed by atoms with Crippen LogP contribution in [-0.2, 0) is 21.2 Å². The topological polar surface area (TPSA) is 84.9 Å². The standard InChI is InChI=1S/C26H34N2O5S/c1-32-25-15-14-24(34(30,31)28-17-5-2-6-18-28)19-20(25)9-16-26(29)27-21-10-12-23(13-11-21)33-22-7-3-4-8-22/h10-15,19,22H,2-9,16-18H2,1H3,(H,27,29). The second kappa shape index (κ2) is 11.2. The number of sulfonamides is 1. The summed E-state index contributed by atoms with van der Waals surface area (Å²) in [4.78, 5) is 12.8. The van der Waals surface area contributed by atoms with Crippen molar-refractivity contribution >= 4 is 21.6 Å². The lowest BCUT2D eigenvalue weighted by atomic mass is 10.1. The van der Waals surface area contributed by atoms with Crippen LogP contribution >= 0.6 is 0 Å². The molecule has 7 nitrogen and oxygen atoms in total. The molecule has 0 atom stereocenters. The van der Waals surface area contributed by atoms with Gasteiger partial charge in [-0.2, -0.15) is 4.31 Å². The zero-order valence-corrected chi connectivity index (χ0v) is 20.6. The van der Waals surface area contributed by atoms with Crippen molar-refractivity contribution in [3.63, 3.8) is 0 Å². The van der Waals surface area contributed by atoms with Gasteiger partial charge in [-0.3, -0.25) is 4.79 Å². The summed E-state index contributed by atoms with van der Waals surface area (Å²) < 4.78 is 39.0. The number of nitrogens with zero attached hydrogens (tertiary/aromatic N) is 1. The van der Waals surface area contributed by atoms with E-state index >= 15 is 0 Å². The zero-order valence-electron chi connectivity index (χ0n) is 19.8. The summed E-state index contributed by atoms with van der Waals surface area (Å²) in [7, 11) is -2.00. The lowest BCUT2D eigenvalue weighted by Crippen LogP contribution is -2.35. The van der Waals surface area contributed by atoms with Gasteiger partial charge in [0.2, 0.25) is 15.9 Å². The molecule has 4 rings (SSSR count). The Bertz CT molecular complexity index is 1070. The number of piperidine rings is 1. The number of aryl methyl sites for hydroxylation is 1. The quantitative estimate of drug-likeness (QED) is 0.552. The van der Waals surface area contributed by atoms with Crippen LogP contribution in [0.3, 0.4) is 0 Å². The number of hydrogen-bond donors (Lipinski definition) is 1. The number of anilines is 1. The molecule has 8 heteroatoms. The van der Waals surface area contributed by atoms with Crippen molar-refractivity contribution in [1.29, 1.82) is 0 Å². The molecule has 0 bridgehead atoms. The maximum absolute atomic E-state index is 13.1. The molecule has 0 spiro atoms. The molecular weight excluding hydrogens is 452 g/mol. The van der Waals surface area contributed by atoms with Gasteiger partial charge < -0.3 is 14.8 Å². The highest BCUT2D eigenvalue weighted by Crippen LogP contribution is 2.28. The van der Waals surface area contributed by atoms with Crippen LogP contribution in [-0.4, -0.2) is 44.9 Å². The van der Waals surface area contributed by atoms with Crippen molar-refractivity contribution in [3.8, 4) is 11.5 Å². The molecule has 1 saturated carbocycles. The maximum Gasteiger partial charge on any atom is 0.243 e. The van der Waals surface area contributed by atoms with Crippen LogP contribution in [0, 0.1) is 0 Å². The smallest absolute Gasteiger partial charge is 0.243 e. The van der Waals surface area contributed by atoms with Gasteiger partial charge in [0, 0.05) is 25.2 Å².